The molecule has 192 valence electrons. The van der Waals surface area contributed by atoms with Crippen LogP contribution in [0.1, 0.15) is 37.6 Å². The molecule has 0 amide bonds. The molecule has 5 nitrogen and oxygen atoms in total. The summed E-state index contributed by atoms with van der Waals surface area (Å²) in [5, 5.41) is 1.90. The molecular weight excluding hydrogens is 468 g/mol. The van der Waals surface area contributed by atoms with Crippen LogP contribution in [0, 0.1) is 18.6 Å². The first-order valence-corrected chi connectivity index (χ1v) is 13.4. The minimum atomic E-state index is -0.421. The third-order valence-corrected chi connectivity index (χ3v) is 8.06. The van der Waals surface area contributed by atoms with E-state index in [0.717, 1.165) is 42.8 Å². The molecule has 0 spiro atoms. The van der Waals surface area contributed by atoms with Crippen LogP contribution in [0.15, 0.2) is 42.5 Å². The number of nitrogens with zero attached hydrogens (tertiary/aromatic N) is 4. The van der Waals surface area contributed by atoms with Gasteiger partial charge in [0.25, 0.3) is 0 Å². The molecule has 1 aromatic heterocycles. The maximum Gasteiger partial charge on any atom is 0.157 e. The number of hydrogen-bond acceptors (Lipinski definition) is 5. The fraction of sp³-hybridized carbons (Fsp3) is 0.400. The number of hydrogen-bond donors (Lipinski definition) is 1. The Morgan fingerprint density at radius 3 is 2.51 bits per heavy atom. The lowest BCUT2D eigenvalue weighted by Crippen LogP contribution is -2.54. The van der Waals surface area contributed by atoms with Gasteiger partial charge in [-0.05, 0) is 61.4 Å². The number of fused-ring (bicyclic) bond motifs is 4. The van der Waals surface area contributed by atoms with Crippen molar-refractivity contribution in [2.75, 3.05) is 31.1 Å². The van der Waals surface area contributed by atoms with E-state index in [2.05, 4.69) is 14.8 Å². The molecule has 3 aromatic carbocycles. The summed E-state index contributed by atoms with van der Waals surface area (Å²) in [6.07, 6.45) is 3.95. The lowest BCUT2D eigenvalue weighted by atomic mass is 9.94. The fourth-order valence-electron chi connectivity index (χ4n) is 6.34. The molecule has 2 N–H and O–H groups in total. The van der Waals surface area contributed by atoms with Crippen LogP contribution in [-0.4, -0.2) is 53.1 Å². The predicted molar refractivity (Wildman–Crippen MR) is 146 cm³/mol. The number of nitrogens with two attached hydrogens (primary N) is 1. The zero-order chi connectivity index (χ0) is 25.7. The number of rotatable bonds is 6. The Kier molecular flexibility index (Phi) is 6.29. The zero-order valence-electron chi connectivity index (χ0n) is 21.5. The molecule has 0 radical (unpaired) electrons. The van der Waals surface area contributed by atoms with Gasteiger partial charge in [-0.1, -0.05) is 37.3 Å². The second kappa shape index (κ2) is 9.62. The number of anilines is 1. The largest absolute Gasteiger partial charge is 0.353 e. The van der Waals surface area contributed by atoms with Crippen molar-refractivity contribution in [1.29, 1.82) is 0 Å². The molecule has 37 heavy (non-hydrogen) atoms. The van der Waals surface area contributed by atoms with Gasteiger partial charge in [-0.15, -0.1) is 0 Å². The second-order valence-electron chi connectivity index (χ2n) is 10.5. The van der Waals surface area contributed by atoms with E-state index in [9.17, 15) is 4.39 Å². The van der Waals surface area contributed by atoms with Crippen molar-refractivity contribution < 1.29 is 8.78 Å². The minimum Gasteiger partial charge on any atom is -0.353 e. The summed E-state index contributed by atoms with van der Waals surface area (Å²) in [6, 6.07) is 13.4. The first-order chi connectivity index (χ1) is 18.0. The van der Waals surface area contributed by atoms with Gasteiger partial charge in [0, 0.05) is 54.5 Å². The lowest BCUT2D eigenvalue weighted by molar-refractivity contribution is 0.168. The van der Waals surface area contributed by atoms with Crippen LogP contribution >= 0.6 is 0 Å². The number of halogens is 2. The number of aryl methyl sites for hydroxylation is 2. The van der Waals surface area contributed by atoms with Crippen LogP contribution in [0.3, 0.4) is 0 Å². The SMILES string of the molecule is CCc1nc(N2CC3CCC(C2)N3CCCN)c2ccc(-c3cc(C)cc4cccc(F)c34)c(F)c2n1. The van der Waals surface area contributed by atoms with Crippen molar-refractivity contribution in [3.05, 3.63) is 65.5 Å². The van der Waals surface area contributed by atoms with E-state index in [1.54, 1.807) is 12.1 Å². The van der Waals surface area contributed by atoms with Crippen LogP contribution in [0.25, 0.3) is 32.8 Å². The Morgan fingerprint density at radius 1 is 1.00 bits per heavy atom. The fourth-order valence-corrected chi connectivity index (χ4v) is 6.34. The van der Waals surface area contributed by atoms with Gasteiger partial charge >= 0.3 is 0 Å². The topological polar surface area (TPSA) is 58.3 Å². The monoisotopic (exact) mass is 501 g/mol. The standard InChI is InChI=1S/C30H33F2N5/c1-3-26-34-29-23(30(35-26)36-16-20-8-9-21(17-36)37(20)13-5-12-33)11-10-22(28(29)32)24-15-18(2)14-19-6-4-7-25(31)27(19)24/h4,6-7,10-11,14-15,20-21H,3,5,8-9,12-13,16-17,33H2,1-2H3. The molecule has 7 heteroatoms. The molecule has 6 rings (SSSR count). The Labute approximate surface area is 216 Å². The quantitative estimate of drug-likeness (QED) is 0.373. The van der Waals surface area contributed by atoms with Crippen molar-refractivity contribution in [2.45, 2.75) is 51.6 Å². The Hall–Kier alpha value is -3.16. The molecule has 2 saturated heterocycles. The highest BCUT2D eigenvalue weighted by molar-refractivity contribution is 6.01. The second-order valence-corrected chi connectivity index (χ2v) is 10.5. The Balaban J connectivity index is 1.47. The van der Waals surface area contributed by atoms with Gasteiger partial charge in [-0.25, -0.2) is 18.7 Å². The summed E-state index contributed by atoms with van der Waals surface area (Å²) < 4.78 is 31.3. The van der Waals surface area contributed by atoms with Crippen molar-refractivity contribution in [2.24, 2.45) is 5.73 Å². The van der Waals surface area contributed by atoms with Crippen LogP contribution < -0.4 is 10.6 Å². The highest BCUT2D eigenvalue weighted by atomic mass is 19.1. The van der Waals surface area contributed by atoms with E-state index < -0.39 is 5.82 Å². The molecule has 2 aliphatic rings. The van der Waals surface area contributed by atoms with E-state index in [4.69, 9.17) is 10.7 Å². The third kappa shape index (κ3) is 4.14. The zero-order valence-corrected chi connectivity index (χ0v) is 21.5. The van der Waals surface area contributed by atoms with Crippen molar-refractivity contribution in [3.8, 4) is 11.1 Å². The van der Waals surface area contributed by atoms with Gasteiger partial charge in [0.15, 0.2) is 5.82 Å². The average Bonchev–Trinajstić information content (AvgIpc) is 3.13. The smallest absolute Gasteiger partial charge is 0.157 e. The predicted octanol–water partition coefficient (Wildman–Crippen LogP) is 5.60. The van der Waals surface area contributed by atoms with Crippen LogP contribution in [0.5, 0.6) is 0 Å². The number of aromatic nitrogens is 2. The maximum absolute atomic E-state index is 16.3. The highest BCUT2D eigenvalue weighted by Crippen LogP contribution is 2.39. The normalized spacial score (nSPS) is 19.9. The molecule has 2 bridgehead atoms. The van der Waals surface area contributed by atoms with Gasteiger partial charge in [0.1, 0.15) is 23.0 Å². The Morgan fingerprint density at radius 2 is 1.78 bits per heavy atom. The van der Waals surface area contributed by atoms with E-state index in [1.165, 1.54) is 18.9 Å². The first-order valence-electron chi connectivity index (χ1n) is 13.4. The number of piperazine rings is 1. The summed E-state index contributed by atoms with van der Waals surface area (Å²) in [7, 11) is 0. The molecule has 2 unspecified atom stereocenters. The van der Waals surface area contributed by atoms with Gasteiger partial charge in [-0.3, -0.25) is 4.90 Å². The molecule has 2 fully saturated rings. The van der Waals surface area contributed by atoms with E-state index in [1.807, 2.05) is 38.1 Å². The van der Waals surface area contributed by atoms with Gasteiger partial charge in [0.2, 0.25) is 0 Å². The maximum atomic E-state index is 16.3. The van der Waals surface area contributed by atoms with Gasteiger partial charge < -0.3 is 10.6 Å². The average molecular weight is 502 g/mol. The van der Waals surface area contributed by atoms with Crippen molar-refractivity contribution >= 4 is 27.5 Å². The molecule has 2 atom stereocenters. The molecule has 2 aliphatic heterocycles. The molecule has 0 aliphatic carbocycles. The molecule has 3 heterocycles. The number of benzene rings is 3. The van der Waals surface area contributed by atoms with Gasteiger partial charge in [-0.2, -0.15) is 0 Å². The molecular formula is C30H33F2N5. The summed E-state index contributed by atoms with van der Waals surface area (Å²) in [4.78, 5) is 14.5. The first kappa shape index (κ1) is 24.2. The third-order valence-electron chi connectivity index (χ3n) is 8.06. The van der Waals surface area contributed by atoms with E-state index in [0.29, 0.717) is 58.3 Å². The summed E-state index contributed by atoms with van der Waals surface area (Å²) in [5.74, 6) is 0.655. The van der Waals surface area contributed by atoms with Crippen molar-refractivity contribution in [3.63, 3.8) is 0 Å². The van der Waals surface area contributed by atoms with Gasteiger partial charge in [0.05, 0.1) is 0 Å². The molecule has 4 aromatic rings. The van der Waals surface area contributed by atoms with Crippen molar-refractivity contribution in [1.82, 2.24) is 14.9 Å². The van der Waals surface area contributed by atoms with Crippen LogP contribution in [-0.2, 0) is 6.42 Å². The summed E-state index contributed by atoms with van der Waals surface area (Å²) >= 11 is 0. The van der Waals surface area contributed by atoms with E-state index in [-0.39, 0.29) is 5.82 Å². The minimum absolute atomic E-state index is 0.309. The van der Waals surface area contributed by atoms with E-state index >= 15 is 4.39 Å². The summed E-state index contributed by atoms with van der Waals surface area (Å²) in [6.45, 7) is 7.41. The van der Waals surface area contributed by atoms with Crippen LogP contribution in [0.4, 0.5) is 14.6 Å². The highest BCUT2D eigenvalue weighted by Gasteiger charge is 2.40. The lowest BCUT2D eigenvalue weighted by Gasteiger charge is -2.42. The summed E-state index contributed by atoms with van der Waals surface area (Å²) in [5.41, 5.74) is 7.95. The van der Waals surface area contributed by atoms with Crippen LogP contribution in [0.2, 0.25) is 0 Å². The Bertz CT molecular complexity index is 1470. The molecule has 0 saturated carbocycles.